The Balaban J connectivity index is 1.98. The Labute approximate surface area is 185 Å². The van der Waals surface area contributed by atoms with Gasteiger partial charge in [-0.25, -0.2) is 4.98 Å². The largest absolute Gasteiger partial charge is 0.497 e. The number of amides is 2. The summed E-state index contributed by atoms with van der Waals surface area (Å²) >= 11 is 6.37. The Morgan fingerprint density at radius 3 is 2.26 bits per heavy atom. The normalized spacial score (nSPS) is 11.2. The van der Waals surface area contributed by atoms with Crippen LogP contribution in [0.2, 0.25) is 5.15 Å². The van der Waals surface area contributed by atoms with Gasteiger partial charge in [0.1, 0.15) is 22.3 Å². The molecule has 0 bridgehead atoms. The first-order valence-electron chi connectivity index (χ1n) is 9.35. The molecule has 1 heterocycles. The predicted octanol–water partition coefficient (Wildman–Crippen LogP) is 3.76. The van der Waals surface area contributed by atoms with Gasteiger partial charge >= 0.3 is 0 Å². The minimum atomic E-state index is -0.432. The van der Waals surface area contributed by atoms with E-state index in [4.69, 9.17) is 21.1 Å². The average molecular weight is 440 g/mol. The lowest BCUT2D eigenvalue weighted by Crippen LogP contribution is -2.34. The van der Waals surface area contributed by atoms with Gasteiger partial charge in [-0.3, -0.25) is 9.59 Å². The van der Waals surface area contributed by atoms with E-state index in [9.17, 15) is 9.59 Å². The van der Waals surface area contributed by atoms with Crippen molar-refractivity contribution in [1.82, 2.24) is 15.2 Å². The van der Waals surface area contributed by atoms with Gasteiger partial charge in [0.25, 0.3) is 11.8 Å². The van der Waals surface area contributed by atoms with Gasteiger partial charge in [-0.15, -0.1) is 0 Å². The van der Waals surface area contributed by atoms with Crippen molar-refractivity contribution in [2.45, 2.75) is 0 Å². The van der Waals surface area contributed by atoms with E-state index in [0.717, 1.165) is 5.39 Å². The maximum absolute atomic E-state index is 12.7. The number of nitrogens with one attached hydrogen (secondary N) is 1. The predicted molar refractivity (Wildman–Crippen MR) is 120 cm³/mol. The van der Waals surface area contributed by atoms with Gasteiger partial charge in [0.15, 0.2) is 0 Å². The zero-order valence-electron chi connectivity index (χ0n) is 17.6. The van der Waals surface area contributed by atoms with Gasteiger partial charge in [-0.2, -0.15) is 0 Å². The third-order valence-electron chi connectivity index (χ3n) is 4.54. The van der Waals surface area contributed by atoms with Gasteiger partial charge in [0, 0.05) is 36.7 Å². The maximum Gasteiger partial charge on any atom is 0.269 e. The molecule has 2 aromatic carbocycles. The first-order chi connectivity index (χ1) is 14.8. The van der Waals surface area contributed by atoms with E-state index < -0.39 is 5.91 Å². The molecule has 3 aromatic rings. The molecule has 0 saturated carbocycles. The molecular formula is C23H22ClN3O4. The number of carbonyl (C=O) groups is 2. The fraction of sp³-hybridized carbons (Fsp3) is 0.174. The van der Waals surface area contributed by atoms with Crippen molar-refractivity contribution < 1.29 is 19.1 Å². The molecule has 8 heteroatoms. The van der Waals surface area contributed by atoms with E-state index in [0.29, 0.717) is 28.1 Å². The molecule has 3 rings (SSSR count). The number of aromatic nitrogens is 1. The molecule has 0 spiro atoms. The van der Waals surface area contributed by atoms with Gasteiger partial charge in [0.2, 0.25) is 0 Å². The first kappa shape index (κ1) is 22.1. The Hall–Kier alpha value is -3.58. The standard InChI is InChI=1S/C23H22ClN3O4/c1-27(2)23(29)20(26-22(28)14-5-8-17(30-3)9-6-14)12-16-11-15-7-10-18(31-4)13-19(15)25-21(16)24/h5-13H,1-4H3,(H,26,28)/b20-12-. The number of pyridine rings is 1. The second-order valence-electron chi connectivity index (χ2n) is 6.87. The maximum atomic E-state index is 12.7. The van der Waals surface area contributed by atoms with Gasteiger partial charge in [-0.1, -0.05) is 11.6 Å². The van der Waals surface area contributed by atoms with Crippen LogP contribution >= 0.6 is 11.6 Å². The van der Waals surface area contributed by atoms with Crippen LogP contribution in [0.1, 0.15) is 15.9 Å². The molecule has 0 aliphatic rings. The molecule has 2 amide bonds. The number of methoxy groups -OCH3 is 2. The van der Waals surface area contributed by atoms with Crippen LogP contribution in [0.3, 0.4) is 0 Å². The number of fused-ring (bicyclic) bond motifs is 1. The minimum Gasteiger partial charge on any atom is -0.497 e. The number of hydrogen-bond donors (Lipinski definition) is 1. The average Bonchev–Trinajstić information content (AvgIpc) is 2.78. The number of carbonyl (C=O) groups excluding carboxylic acids is 2. The highest BCUT2D eigenvalue weighted by atomic mass is 35.5. The second kappa shape index (κ2) is 9.49. The van der Waals surface area contributed by atoms with E-state index in [1.165, 1.54) is 11.0 Å². The van der Waals surface area contributed by atoms with E-state index in [-0.39, 0.29) is 16.8 Å². The molecule has 0 saturated heterocycles. The van der Waals surface area contributed by atoms with E-state index >= 15 is 0 Å². The molecular weight excluding hydrogens is 418 g/mol. The van der Waals surface area contributed by atoms with Crippen LogP contribution in [-0.2, 0) is 4.79 Å². The fourth-order valence-corrected chi connectivity index (χ4v) is 3.05. The van der Waals surface area contributed by atoms with Crippen molar-refractivity contribution in [1.29, 1.82) is 0 Å². The highest BCUT2D eigenvalue weighted by Crippen LogP contribution is 2.26. The summed E-state index contributed by atoms with van der Waals surface area (Å²) in [5, 5.41) is 3.69. The summed E-state index contributed by atoms with van der Waals surface area (Å²) in [6, 6.07) is 13.8. The highest BCUT2D eigenvalue weighted by Gasteiger charge is 2.17. The zero-order valence-corrected chi connectivity index (χ0v) is 18.4. The van der Waals surface area contributed by atoms with E-state index in [2.05, 4.69) is 10.3 Å². The molecule has 31 heavy (non-hydrogen) atoms. The van der Waals surface area contributed by atoms with E-state index in [1.54, 1.807) is 64.7 Å². The number of rotatable bonds is 6. The first-order valence-corrected chi connectivity index (χ1v) is 9.73. The van der Waals surface area contributed by atoms with Crippen molar-refractivity contribution in [3.63, 3.8) is 0 Å². The summed E-state index contributed by atoms with van der Waals surface area (Å²) in [7, 11) is 6.32. The summed E-state index contributed by atoms with van der Waals surface area (Å²) in [5.41, 5.74) is 1.61. The highest BCUT2D eigenvalue weighted by molar-refractivity contribution is 6.31. The quantitative estimate of drug-likeness (QED) is 0.467. The summed E-state index contributed by atoms with van der Waals surface area (Å²) in [6.45, 7) is 0. The van der Waals surface area contributed by atoms with E-state index in [1.807, 2.05) is 12.1 Å². The van der Waals surface area contributed by atoms with Gasteiger partial charge < -0.3 is 19.7 Å². The summed E-state index contributed by atoms with van der Waals surface area (Å²) in [5.74, 6) is 0.475. The SMILES string of the molecule is COc1ccc(C(=O)N/C(=C\c2cc3ccc(OC)cc3nc2Cl)C(=O)N(C)C)cc1. The number of nitrogens with zero attached hydrogens (tertiary/aromatic N) is 2. The lowest BCUT2D eigenvalue weighted by Gasteiger charge is -2.15. The minimum absolute atomic E-state index is 0.0716. The second-order valence-corrected chi connectivity index (χ2v) is 7.23. The summed E-state index contributed by atoms with van der Waals surface area (Å²) in [6.07, 6.45) is 1.52. The molecule has 0 aliphatic carbocycles. The van der Waals surface area contributed by atoms with Crippen LogP contribution < -0.4 is 14.8 Å². The van der Waals surface area contributed by atoms with Crippen LogP contribution in [-0.4, -0.2) is 50.0 Å². The molecule has 0 aliphatic heterocycles. The van der Waals surface area contributed by atoms with Crippen molar-refractivity contribution in [3.05, 3.63) is 70.5 Å². The van der Waals surface area contributed by atoms with Crippen molar-refractivity contribution in [3.8, 4) is 11.5 Å². The Kier molecular flexibility index (Phi) is 6.77. The van der Waals surface area contributed by atoms with Crippen LogP contribution in [0.5, 0.6) is 11.5 Å². The lowest BCUT2D eigenvalue weighted by molar-refractivity contribution is -0.124. The monoisotopic (exact) mass is 439 g/mol. The molecule has 1 N–H and O–H groups in total. The Bertz CT molecular complexity index is 1160. The molecule has 0 atom stereocenters. The molecule has 160 valence electrons. The third kappa shape index (κ3) is 5.13. The topological polar surface area (TPSA) is 80.8 Å². The van der Waals surface area contributed by atoms with Crippen molar-refractivity contribution >= 4 is 40.4 Å². The third-order valence-corrected chi connectivity index (χ3v) is 4.84. The number of ether oxygens (including phenoxy) is 2. The number of hydrogen-bond acceptors (Lipinski definition) is 5. The molecule has 7 nitrogen and oxygen atoms in total. The molecule has 0 radical (unpaired) electrons. The van der Waals surface area contributed by atoms with Crippen LogP contribution in [0.15, 0.2) is 54.2 Å². The number of halogens is 1. The molecule has 1 aromatic heterocycles. The van der Waals surface area contributed by atoms with Gasteiger partial charge in [-0.05, 0) is 48.5 Å². The Morgan fingerprint density at radius 1 is 1.00 bits per heavy atom. The van der Waals surface area contributed by atoms with Crippen LogP contribution in [0.25, 0.3) is 17.0 Å². The van der Waals surface area contributed by atoms with Crippen LogP contribution in [0, 0.1) is 0 Å². The lowest BCUT2D eigenvalue weighted by atomic mass is 10.1. The van der Waals surface area contributed by atoms with Crippen molar-refractivity contribution in [2.24, 2.45) is 0 Å². The summed E-state index contributed by atoms with van der Waals surface area (Å²) in [4.78, 5) is 31.2. The van der Waals surface area contributed by atoms with Crippen molar-refractivity contribution in [2.75, 3.05) is 28.3 Å². The number of benzene rings is 2. The Morgan fingerprint density at radius 2 is 1.65 bits per heavy atom. The van der Waals surface area contributed by atoms with Gasteiger partial charge in [0.05, 0.1) is 19.7 Å². The zero-order chi connectivity index (χ0) is 22.5. The number of likely N-dealkylation sites (N-methyl/N-ethyl adjacent to an activating group) is 1. The fourth-order valence-electron chi connectivity index (χ4n) is 2.85. The van der Waals surface area contributed by atoms with Crippen LogP contribution in [0.4, 0.5) is 0 Å². The smallest absolute Gasteiger partial charge is 0.269 e. The summed E-state index contributed by atoms with van der Waals surface area (Å²) < 4.78 is 10.3. The molecule has 0 fully saturated rings. The molecule has 0 unspecified atom stereocenters.